The van der Waals surface area contributed by atoms with Crippen LogP contribution in [0, 0.1) is 0 Å². The first kappa shape index (κ1) is 26.5. The van der Waals surface area contributed by atoms with Crippen LogP contribution in [0.5, 0.6) is 0 Å². The molecule has 4 unspecified atom stereocenters. The summed E-state index contributed by atoms with van der Waals surface area (Å²) in [5.74, 6) is -3.78. The van der Waals surface area contributed by atoms with Gasteiger partial charge in [0, 0.05) is 26.0 Å². The molecule has 0 aromatic carbocycles. The molecule has 0 aromatic rings. The molecule has 6 N–H and O–H groups in total. The van der Waals surface area contributed by atoms with Crippen molar-refractivity contribution in [1.82, 2.24) is 16.0 Å². The number of aliphatic imine (C=N–C) groups is 1. The van der Waals surface area contributed by atoms with Crippen LogP contribution >= 0.6 is 0 Å². The van der Waals surface area contributed by atoms with Crippen LogP contribution in [-0.2, 0) is 24.0 Å². The second-order valence-electron chi connectivity index (χ2n) is 8.45. The number of rotatable bonds is 12. The SMILES string of the molecule is CCC(C)(NC(C)=O)C(=O)NC(CC1=C2C=CC=CC2N=C1)C(=O)NC(CCC(N)=O)C(=O)O. The van der Waals surface area contributed by atoms with Crippen molar-refractivity contribution in [2.24, 2.45) is 10.7 Å². The first-order valence-electron chi connectivity index (χ1n) is 11.0. The largest absolute Gasteiger partial charge is 0.480 e. The lowest BCUT2D eigenvalue weighted by molar-refractivity contribution is -0.142. The second kappa shape index (κ2) is 11.4. The van der Waals surface area contributed by atoms with Crippen molar-refractivity contribution in [2.45, 2.75) is 70.1 Å². The molecule has 1 heterocycles. The third-order valence-electron chi connectivity index (χ3n) is 5.76. The molecule has 11 nitrogen and oxygen atoms in total. The number of carbonyl (C=O) groups is 5. The number of hydrogen-bond donors (Lipinski definition) is 5. The van der Waals surface area contributed by atoms with Crippen LogP contribution in [0.3, 0.4) is 0 Å². The lowest BCUT2D eigenvalue weighted by atomic mass is 9.93. The predicted octanol–water partition coefficient (Wildman–Crippen LogP) is -0.123. The highest BCUT2D eigenvalue weighted by Gasteiger charge is 2.36. The van der Waals surface area contributed by atoms with E-state index in [1.807, 2.05) is 24.3 Å². The van der Waals surface area contributed by atoms with Gasteiger partial charge >= 0.3 is 5.97 Å². The number of nitrogens with zero attached hydrogens (tertiary/aromatic N) is 1. The number of carbonyl (C=O) groups excluding carboxylic acids is 4. The molecule has 4 atom stereocenters. The van der Waals surface area contributed by atoms with Gasteiger partial charge in [-0.1, -0.05) is 31.2 Å². The van der Waals surface area contributed by atoms with E-state index in [1.165, 1.54) is 13.8 Å². The Labute approximate surface area is 197 Å². The molecule has 2 aliphatic rings. The Hall–Kier alpha value is -3.76. The Morgan fingerprint density at radius 2 is 1.88 bits per heavy atom. The average Bonchev–Trinajstić information content (AvgIpc) is 3.17. The first-order chi connectivity index (χ1) is 16.0. The van der Waals surface area contributed by atoms with Crippen LogP contribution in [0.15, 0.2) is 40.4 Å². The number of allylic oxidation sites excluding steroid dienone is 2. The number of primary amides is 1. The molecule has 34 heavy (non-hydrogen) atoms. The van der Waals surface area contributed by atoms with E-state index in [9.17, 15) is 29.1 Å². The maximum atomic E-state index is 13.1. The maximum Gasteiger partial charge on any atom is 0.326 e. The Morgan fingerprint density at radius 3 is 2.47 bits per heavy atom. The molecule has 184 valence electrons. The van der Waals surface area contributed by atoms with Crippen LogP contribution in [0.1, 0.15) is 46.5 Å². The lowest BCUT2D eigenvalue weighted by Gasteiger charge is -2.30. The fourth-order valence-electron chi connectivity index (χ4n) is 3.63. The van der Waals surface area contributed by atoms with E-state index in [-0.39, 0.29) is 31.7 Å². The van der Waals surface area contributed by atoms with Crippen molar-refractivity contribution in [2.75, 3.05) is 0 Å². The highest BCUT2D eigenvalue weighted by Crippen LogP contribution is 2.26. The van der Waals surface area contributed by atoms with Gasteiger partial charge in [0.2, 0.25) is 23.6 Å². The number of amides is 4. The summed E-state index contributed by atoms with van der Waals surface area (Å²) in [7, 11) is 0. The summed E-state index contributed by atoms with van der Waals surface area (Å²) in [6.07, 6.45) is 8.96. The van der Waals surface area contributed by atoms with Crippen molar-refractivity contribution in [3.8, 4) is 0 Å². The molecule has 0 bridgehead atoms. The molecule has 11 heteroatoms. The van der Waals surface area contributed by atoms with Gasteiger partial charge in [-0.15, -0.1) is 0 Å². The van der Waals surface area contributed by atoms with Crippen molar-refractivity contribution in [1.29, 1.82) is 0 Å². The highest BCUT2D eigenvalue weighted by molar-refractivity contribution is 5.96. The van der Waals surface area contributed by atoms with Gasteiger partial charge in [0.05, 0.1) is 6.04 Å². The molecular formula is C23H31N5O6. The Balaban J connectivity index is 2.29. The third-order valence-corrected chi connectivity index (χ3v) is 5.76. The van der Waals surface area contributed by atoms with Gasteiger partial charge < -0.3 is 26.8 Å². The van der Waals surface area contributed by atoms with Gasteiger partial charge in [0.15, 0.2) is 0 Å². The number of carboxylic acids is 1. The van der Waals surface area contributed by atoms with Gasteiger partial charge in [-0.05, 0) is 30.9 Å². The zero-order valence-corrected chi connectivity index (χ0v) is 19.5. The van der Waals surface area contributed by atoms with Crippen LogP contribution in [0.4, 0.5) is 0 Å². The van der Waals surface area contributed by atoms with Crippen LogP contribution < -0.4 is 21.7 Å². The predicted molar refractivity (Wildman–Crippen MR) is 125 cm³/mol. The summed E-state index contributed by atoms with van der Waals surface area (Å²) >= 11 is 0. The normalized spacial score (nSPS) is 19.6. The van der Waals surface area contributed by atoms with E-state index < -0.39 is 47.2 Å². The standard InChI is InChI=1S/C23H31N5O6/c1-4-23(3,28-13(2)29)22(34)27-18(11-14-12-25-16-8-6-5-7-15(14)16)20(31)26-17(21(32)33)9-10-19(24)30/h5-8,12,16-18H,4,9-11H2,1-3H3,(H2,24,30)(H,26,31)(H,27,34)(H,28,29)(H,32,33). The third kappa shape index (κ3) is 6.87. The minimum Gasteiger partial charge on any atom is -0.480 e. The van der Waals surface area contributed by atoms with E-state index in [0.29, 0.717) is 5.57 Å². The number of carboxylic acid groups (broad SMARTS) is 1. The summed E-state index contributed by atoms with van der Waals surface area (Å²) < 4.78 is 0. The van der Waals surface area contributed by atoms with Crippen molar-refractivity contribution in [3.63, 3.8) is 0 Å². The highest BCUT2D eigenvalue weighted by atomic mass is 16.4. The van der Waals surface area contributed by atoms with Crippen LogP contribution in [-0.4, -0.2) is 64.6 Å². The smallest absolute Gasteiger partial charge is 0.326 e. The molecular weight excluding hydrogens is 442 g/mol. The maximum absolute atomic E-state index is 13.1. The molecule has 0 radical (unpaired) electrons. The zero-order chi connectivity index (χ0) is 25.5. The summed E-state index contributed by atoms with van der Waals surface area (Å²) in [5, 5.41) is 17.1. The summed E-state index contributed by atoms with van der Waals surface area (Å²) in [5.41, 5.74) is 5.41. The summed E-state index contributed by atoms with van der Waals surface area (Å²) in [4.78, 5) is 64.9. The van der Waals surface area contributed by atoms with E-state index >= 15 is 0 Å². The van der Waals surface area contributed by atoms with Crippen molar-refractivity contribution in [3.05, 3.63) is 35.5 Å². The quantitative estimate of drug-likeness (QED) is 0.263. The molecule has 1 aliphatic heterocycles. The second-order valence-corrected chi connectivity index (χ2v) is 8.45. The molecule has 0 fully saturated rings. The average molecular weight is 474 g/mol. The van der Waals surface area contributed by atoms with Crippen molar-refractivity contribution >= 4 is 35.8 Å². The van der Waals surface area contributed by atoms with Crippen molar-refractivity contribution < 1.29 is 29.1 Å². The number of nitrogens with one attached hydrogen (secondary N) is 3. The molecule has 4 amide bonds. The molecule has 0 saturated carbocycles. The zero-order valence-electron chi connectivity index (χ0n) is 19.5. The molecule has 1 aliphatic carbocycles. The van der Waals surface area contributed by atoms with Gasteiger partial charge in [0.25, 0.3) is 0 Å². The first-order valence-corrected chi connectivity index (χ1v) is 11.0. The molecule has 0 saturated heterocycles. The fourth-order valence-corrected chi connectivity index (χ4v) is 3.63. The summed E-state index contributed by atoms with van der Waals surface area (Å²) in [6.45, 7) is 4.54. The number of nitrogens with two attached hydrogens (primary N) is 1. The van der Waals surface area contributed by atoms with Gasteiger partial charge in [-0.25, -0.2) is 4.79 Å². The van der Waals surface area contributed by atoms with Gasteiger partial charge in [0.1, 0.15) is 17.6 Å². The van der Waals surface area contributed by atoms with E-state index in [4.69, 9.17) is 5.73 Å². The van der Waals surface area contributed by atoms with Gasteiger partial charge in [-0.2, -0.15) is 0 Å². The molecule has 0 aromatic heterocycles. The van der Waals surface area contributed by atoms with E-state index in [1.54, 1.807) is 13.1 Å². The van der Waals surface area contributed by atoms with Crippen LogP contribution in [0.2, 0.25) is 0 Å². The number of hydrogen-bond acceptors (Lipinski definition) is 6. The minimum absolute atomic E-state index is 0.0487. The van der Waals surface area contributed by atoms with Crippen LogP contribution in [0.25, 0.3) is 0 Å². The minimum atomic E-state index is -1.37. The van der Waals surface area contributed by atoms with Gasteiger partial charge in [-0.3, -0.25) is 24.2 Å². The lowest BCUT2D eigenvalue weighted by Crippen LogP contribution is -2.60. The number of fused-ring (bicyclic) bond motifs is 1. The van der Waals surface area contributed by atoms with E-state index in [0.717, 1.165) is 5.57 Å². The molecule has 2 rings (SSSR count). The monoisotopic (exact) mass is 473 g/mol. The fraction of sp³-hybridized carbons (Fsp3) is 0.478. The number of aliphatic carboxylic acids is 1. The topological polar surface area (TPSA) is 180 Å². The Bertz CT molecular complexity index is 982. The molecule has 0 spiro atoms. The van der Waals surface area contributed by atoms with E-state index in [2.05, 4.69) is 20.9 Å². The Morgan fingerprint density at radius 1 is 1.18 bits per heavy atom. The summed E-state index contributed by atoms with van der Waals surface area (Å²) in [6, 6.07) is -2.70. The Kier molecular flexibility index (Phi) is 8.88.